The van der Waals surface area contributed by atoms with E-state index in [0.29, 0.717) is 6.04 Å². The lowest BCUT2D eigenvalue weighted by molar-refractivity contribution is 0.616. The minimum Gasteiger partial charge on any atom is -0.355 e. The number of pyridine rings is 1. The van der Waals surface area contributed by atoms with E-state index in [1.54, 1.807) is 0 Å². The van der Waals surface area contributed by atoms with Crippen molar-refractivity contribution >= 4 is 21.7 Å². The van der Waals surface area contributed by atoms with Gasteiger partial charge in [0.15, 0.2) is 0 Å². The SMILES string of the molecule is CNC1CCN(c2ncc(Br)cc2C)C1. The van der Waals surface area contributed by atoms with Gasteiger partial charge in [-0.1, -0.05) is 0 Å². The molecule has 1 aliphatic rings. The van der Waals surface area contributed by atoms with Crippen LogP contribution in [-0.2, 0) is 0 Å². The summed E-state index contributed by atoms with van der Waals surface area (Å²) in [4.78, 5) is 6.83. The van der Waals surface area contributed by atoms with Gasteiger partial charge in [0, 0.05) is 29.8 Å². The maximum absolute atomic E-state index is 4.48. The van der Waals surface area contributed by atoms with E-state index in [-0.39, 0.29) is 0 Å². The van der Waals surface area contributed by atoms with Gasteiger partial charge in [0.1, 0.15) is 5.82 Å². The fourth-order valence-corrected chi connectivity index (χ4v) is 2.50. The predicted octanol–water partition coefficient (Wildman–Crippen LogP) is 1.95. The largest absolute Gasteiger partial charge is 0.355 e. The second kappa shape index (κ2) is 4.49. The number of likely N-dealkylation sites (N-methyl/N-ethyl adjacent to an activating group) is 1. The van der Waals surface area contributed by atoms with Crippen LogP contribution < -0.4 is 10.2 Å². The number of hydrogen-bond donors (Lipinski definition) is 1. The summed E-state index contributed by atoms with van der Waals surface area (Å²) in [6.07, 6.45) is 3.07. The van der Waals surface area contributed by atoms with Gasteiger partial charge in [-0.3, -0.25) is 0 Å². The van der Waals surface area contributed by atoms with Crippen molar-refractivity contribution in [3.63, 3.8) is 0 Å². The maximum atomic E-state index is 4.48. The molecule has 3 nitrogen and oxygen atoms in total. The molecule has 0 aromatic carbocycles. The Hall–Kier alpha value is -0.610. The van der Waals surface area contributed by atoms with Crippen molar-refractivity contribution in [1.29, 1.82) is 0 Å². The van der Waals surface area contributed by atoms with Crippen LogP contribution in [0.25, 0.3) is 0 Å². The molecule has 0 aliphatic carbocycles. The Morgan fingerprint density at radius 2 is 2.40 bits per heavy atom. The highest BCUT2D eigenvalue weighted by Gasteiger charge is 2.22. The molecule has 0 radical (unpaired) electrons. The summed E-state index contributed by atoms with van der Waals surface area (Å²) in [5.74, 6) is 1.12. The van der Waals surface area contributed by atoms with Crippen LogP contribution in [0, 0.1) is 6.92 Å². The third-order valence-corrected chi connectivity index (χ3v) is 3.35. The van der Waals surface area contributed by atoms with Crippen LogP contribution in [0.2, 0.25) is 0 Å². The Kier molecular flexibility index (Phi) is 3.26. The topological polar surface area (TPSA) is 28.2 Å². The van der Waals surface area contributed by atoms with E-state index in [9.17, 15) is 0 Å². The first-order valence-corrected chi connectivity index (χ1v) is 6.04. The van der Waals surface area contributed by atoms with E-state index < -0.39 is 0 Å². The molecule has 1 aromatic rings. The fourth-order valence-electron chi connectivity index (χ4n) is 2.05. The molecule has 0 saturated carbocycles. The van der Waals surface area contributed by atoms with Crippen molar-refractivity contribution in [3.8, 4) is 0 Å². The normalized spacial score (nSPS) is 21.0. The summed E-state index contributed by atoms with van der Waals surface area (Å²) in [6.45, 7) is 4.27. The van der Waals surface area contributed by atoms with Gasteiger partial charge >= 0.3 is 0 Å². The zero-order valence-corrected chi connectivity index (χ0v) is 10.7. The summed E-state index contributed by atoms with van der Waals surface area (Å²) >= 11 is 3.44. The monoisotopic (exact) mass is 269 g/mol. The van der Waals surface area contributed by atoms with Gasteiger partial charge < -0.3 is 10.2 Å². The van der Waals surface area contributed by atoms with E-state index in [0.717, 1.165) is 23.4 Å². The number of hydrogen-bond acceptors (Lipinski definition) is 3. The van der Waals surface area contributed by atoms with Crippen molar-refractivity contribution in [2.75, 3.05) is 25.0 Å². The fraction of sp³-hybridized carbons (Fsp3) is 0.545. The number of anilines is 1. The maximum Gasteiger partial charge on any atom is 0.131 e. The molecule has 0 spiro atoms. The lowest BCUT2D eigenvalue weighted by Gasteiger charge is -2.19. The smallest absolute Gasteiger partial charge is 0.131 e. The second-order valence-corrected chi connectivity index (χ2v) is 4.93. The summed E-state index contributed by atoms with van der Waals surface area (Å²) in [5.41, 5.74) is 1.24. The van der Waals surface area contributed by atoms with Crippen molar-refractivity contribution < 1.29 is 0 Å². The molecule has 4 heteroatoms. The van der Waals surface area contributed by atoms with Gasteiger partial charge in [0.2, 0.25) is 0 Å². The van der Waals surface area contributed by atoms with Crippen molar-refractivity contribution in [2.45, 2.75) is 19.4 Å². The molecule has 82 valence electrons. The van der Waals surface area contributed by atoms with Gasteiger partial charge in [0.25, 0.3) is 0 Å². The quantitative estimate of drug-likeness (QED) is 0.890. The van der Waals surface area contributed by atoms with Crippen LogP contribution in [0.1, 0.15) is 12.0 Å². The van der Waals surface area contributed by atoms with Crippen molar-refractivity contribution in [3.05, 3.63) is 22.3 Å². The Morgan fingerprint density at radius 1 is 1.60 bits per heavy atom. The minimum atomic E-state index is 0.606. The van der Waals surface area contributed by atoms with E-state index in [2.05, 4.69) is 44.1 Å². The third-order valence-electron chi connectivity index (χ3n) is 2.91. The highest BCUT2D eigenvalue weighted by atomic mass is 79.9. The molecule has 2 rings (SSSR count). The Labute approximate surface area is 99.0 Å². The molecule has 1 N–H and O–H groups in total. The van der Waals surface area contributed by atoms with Crippen molar-refractivity contribution in [1.82, 2.24) is 10.3 Å². The molecular formula is C11H16BrN3. The first-order valence-electron chi connectivity index (χ1n) is 5.25. The Balaban J connectivity index is 2.17. The number of aromatic nitrogens is 1. The van der Waals surface area contributed by atoms with Crippen LogP contribution in [0.3, 0.4) is 0 Å². The molecule has 0 bridgehead atoms. The molecule has 1 atom stereocenters. The summed E-state index contributed by atoms with van der Waals surface area (Å²) < 4.78 is 1.05. The molecule has 1 aliphatic heterocycles. The van der Waals surface area contributed by atoms with Crippen LogP contribution in [0.5, 0.6) is 0 Å². The zero-order chi connectivity index (χ0) is 10.8. The molecular weight excluding hydrogens is 254 g/mol. The van der Waals surface area contributed by atoms with Gasteiger partial charge in [-0.2, -0.15) is 0 Å². The first kappa shape index (κ1) is 10.9. The van der Waals surface area contributed by atoms with E-state index >= 15 is 0 Å². The Bertz CT molecular complexity index is 354. The second-order valence-electron chi connectivity index (χ2n) is 4.01. The first-order chi connectivity index (χ1) is 7.20. The highest BCUT2D eigenvalue weighted by molar-refractivity contribution is 9.10. The van der Waals surface area contributed by atoms with Gasteiger partial charge in [0.05, 0.1) is 0 Å². The van der Waals surface area contributed by atoms with E-state index in [1.165, 1.54) is 12.0 Å². The lowest BCUT2D eigenvalue weighted by Crippen LogP contribution is -2.30. The summed E-state index contributed by atoms with van der Waals surface area (Å²) in [7, 11) is 2.02. The number of nitrogens with one attached hydrogen (secondary N) is 1. The predicted molar refractivity (Wildman–Crippen MR) is 66.4 cm³/mol. The number of rotatable bonds is 2. The molecule has 1 unspecified atom stereocenters. The van der Waals surface area contributed by atoms with Crippen LogP contribution in [-0.4, -0.2) is 31.2 Å². The molecule has 1 aromatic heterocycles. The average molecular weight is 270 g/mol. The number of nitrogens with zero attached hydrogens (tertiary/aromatic N) is 2. The van der Waals surface area contributed by atoms with Crippen LogP contribution >= 0.6 is 15.9 Å². The average Bonchev–Trinajstić information content (AvgIpc) is 2.66. The van der Waals surface area contributed by atoms with Gasteiger partial charge in [-0.05, 0) is 48.0 Å². The van der Waals surface area contributed by atoms with Gasteiger partial charge in [-0.25, -0.2) is 4.98 Å². The van der Waals surface area contributed by atoms with Crippen LogP contribution in [0.15, 0.2) is 16.7 Å². The van der Waals surface area contributed by atoms with Crippen molar-refractivity contribution in [2.24, 2.45) is 0 Å². The third kappa shape index (κ3) is 2.32. The molecule has 2 heterocycles. The van der Waals surface area contributed by atoms with Crippen LogP contribution in [0.4, 0.5) is 5.82 Å². The molecule has 0 amide bonds. The molecule has 1 saturated heterocycles. The van der Waals surface area contributed by atoms with E-state index in [1.807, 2.05) is 13.2 Å². The highest BCUT2D eigenvalue weighted by Crippen LogP contribution is 2.23. The summed E-state index contributed by atoms with van der Waals surface area (Å²) in [6, 6.07) is 2.73. The minimum absolute atomic E-state index is 0.606. The van der Waals surface area contributed by atoms with E-state index in [4.69, 9.17) is 0 Å². The standard InChI is InChI=1S/C11H16BrN3/c1-8-5-9(12)6-14-11(8)15-4-3-10(7-15)13-2/h5-6,10,13H,3-4,7H2,1-2H3. The molecule has 1 fully saturated rings. The number of halogens is 1. The zero-order valence-electron chi connectivity index (χ0n) is 9.13. The molecule has 15 heavy (non-hydrogen) atoms. The summed E-state index contributed by atoms with van der Waals surface area (Å²) in [5, 5.41) is 3.32. The number of aryl methyl sites for hydroxylation is 1. The Morgan fingerprint density at radius 3 is 3.00 bits per heavy atom. The lowest BCUT2D eigenvalue weighted by atomic mass is 10.3. The van der Waals surface area contributed by atoms with Gasteiger partial charge in [-0.15, -0.1) is 0 Å².